The molecule has 2 aromatic rings. The van der Waals surface area contributed by atoms with Crippen LogP contribution < -0.4 is 0 Å². The number of thiazole rings is 1. The Hall–Kier alpha value is -2.00. The molecule has 0 N–H and O–H groups in total. The van der Waals surface area contributed by atoms with Crippen molar-refractivity contribution < 1.29 is 22.1 Å². The molecule has 24 heavy (non-hydrogen) atoms. The number of hydrogen-bond acceptors (Lipinski definition) is 4. The van der Waals surface area contributed by atoms with E-state index in [1.165, 1.54) is 12.4 Å². The number of hydrogen-bond donors (Lipinski definition) is 0. The van der Waals surface area contributed by atoms with Crippen LogP contribution in [0.2, 0.25) is 0 Å². The highest BCUT2D eigenvalue weighted by atomic mass is 32.2. The lowest BCUT2D eigenvalue weighted by Crippen LogP contribution is -2.04. The Balaban J connectivity index is 1.98. The van der Waals surface area contributed by atoms with Gasteiger partial charge in [0.05, 0.1) is 17.0 Å². The maximum Gasteiger partial charge on any atom is 0.301 e. The largest absolute Gasteiger partial charge is 0.624 e. The molecular weight excluding hydrogens is 361 g/mol. The number of hydroxylamine groups is 1. The average Bonchev–Trinajstić information content (AvgIpc) is 3.01. The molecular formula is C15H13F3N2O2S2. The average molecular weight is 374 g/mol. The smallest absolute Gasteiger partial charge is 0.301 e. The summed E-state index contributed by atoms with van der Waals surface area (Å²) in [6, 6.07) is 9.13. The summed E-state index contributed by atoms with van der Waals surface area (Å²) in [6.07, 6.45) is -0.332. The van der Waals surface area contributed by atoms with Crippen LogP contribution >= 0.6 is 11.3 Å². The Morgan fingerprint density at radius 3 is 2.67 bits per heavy atom. The third-order valence-electron chi connectivity index (χ3n) is 2.86. The van der Waals surface area contributed by atoms with Gasteiger partial charge in [-0.2, -0.15) is 8.78 Å². The molecule has 0 spiro atoms. The first kappa shape index (κ1) is 18.3. The van der Waals surface area contributed by atoms with E-state index in [4.69, 9.17) is 0 Å². The molecule has 4 nitrogen and oxygen atoms in total. The lowest BCUT2D eigenvalue weighted by atomic mass is 10.2. The lowest BCUT2D eigenvalue weighted by molar-refractivity contribution is -0.469. The van der Waals surface area contributed by atoms with Crippen molar-refractivity contribution in [3.8, 4) is 0 Å². The van der Waals surface area contributed by atoms with Crippen LogP contribution in [-0.2, 0) is 17.3 Å². The molecule has 0 fully saturated rings. The molecule has 1 aromatic carbocycles. The Morgan fingerprint density at radius 1 is 1.29 bits per heavy atom. The lowest BCUT2D eigenvalue weighted by Gasteiger charge is -2.02. The van der Waals surface area contributed by atoms with Gasteiger partial charge in [-0.1, -0.05) is 41.7 Å². The van der Waals surface area contributed by atoms with E-state index in [-0.39, 0.29) is 16.6 Å². The third kappa shape index (κ3) is 5.57. The van der Waals surface area contributed by atoms with E-state index in [2.05, 4.69) is 4.98 Å². The zero-order chi connectivity index (χ0) is 17.5. The van der Waals surface area contributed by atoms with Gasteiger partial charge in [0.2, 0.25) is 0 Å². The highest BCUT2D eigenvalue weighted by Crippen LogP contribution is 2.19. The van der Waals surface area contributed by atoms with Gasteiger partial charge in [0.15, 0.2) is 22.9 Å². The van der Waals surface area contributed by atoms with Gasteiger partial charge in [-0.3, -0.25) is 4.21 Å². The fourth-order valence-electron chi connectivity index (χ4n) is 1.75. The first-order valence-corrected chi connectivity index (χ1v) is 8.95. The van der Waals surface area contributed by atoms with Gasteiger partial charge in [0.1, 0.15) is 4.88 Å². The summed E-state index contributed by atoms with van der Waals surface area (Å²) in [4.78, 5) is 4.38. The summed E-state index contributed by atoms with van der Waals surface area (Å²) in [5.74, 6) is -1.86. The molecule has 1 aromatic heterocycles. The van der Waals surface area contributed by atoms with Crippen LogP contribution in [0.15, 0.2) is 52.8 Å². The van der Waals surface area contributed by atoms with E-state index in [1.54, 1.807) is 0 Å². The second-order valence-electron chi connectivity index (χ2n) is 4.68. The van der Waals surface area contributed by atoms with E-state index in [0.717, 1.165) is 21.6 Å². The molecule has 2 rings (SSSR count). The normalized spacial score (nSPS) is 12.9. The van der Waals surface area contributed by atoms with Gasteiger partial charge in [-0.25, -0.2) is 14.1 Å². The molecule has 128 valence electrons. The predicted molar refractivity (Wildman–Crippen MR) is 87.3 cm³/mol. The second-order valence-corrected chi connectivity index (χ2v) is 7.49. The Labute approximate surface area is 143 Å². The molecule has 0 radical (unpaired) electrons. The zero-order valence-corrected chi connectivity index (χ0v) is 14.0. The standard InChI is InChI=1S/C15H13F3N2O2S2/c16-13(14(17)18)6-7-24(22)15-19-8-12(23-15)10-20(21)9-11-4-2-1-3-5-11/h1-5,8,10H,6-7,9H2/b20-10-. The first-order valence-electron chi connectivity index (χ1n) is 6.82. The van der Waals surface area contributed by atoms with Crippen LogP contribution in [0.1, 0.15) is 16.9 Å². The van der Waals surface area contributed by atoms with Crippen molar-refractivity contribution in [3.63, 3.8) is 0 Å². The molecule has 0 saturated carbocycles. The Kier molecular flexibility index (Phi) is 6.68. The van der Waals surface area contributed by atoms with Gasteiger partial charge < -0.3 is 5.21 Å². The highest BCUT2D eigenvalue weighted by Gasteiger charge is 2.13. The number of halogens is 3. The summed E-state index contributed by atoms with van der Waals surface area (Å²) in [5.41, 5.74) is 0.840. The number of benzene rings is 1. The van der Waals surface area contributed by atoms with Gasteiger partial charge >= 0.3 is 6.08 Å². The van der Waals surface area contributed by atoms with Gasteiger partial charge in [-0.05, 0) is 0 Å². The van der Waals surface area contributed by atoms with E-state index in [1.807, 2.05) is 30.3 Å². The minimum Gasteiger partial charge on any atom is -0.624 e. The summed E-state index contributed by atoms with van der Waals surface area (Å²) >= 11 is 1.01. The SMILES string of the molecule is O=S(CCC(F)=C(F)F)c1ncc(/C=[N+](\[O-])Cc2ccccc2)s1. The molecule has 0 aliphatic rings. The number of aromatic nitrogens is 1. The molecule has 0 amide bonds. The summed E-state index contributed by atoms with van der Waals surface area (Å²) in [5, 5.41) is 11.9. The maximum absolute atomic E-state index is 12.7. The fourth-order valence-corrected chi connectivity index (χ4v) is 3.95. The van der Waals surface area contributed by atoms with Crippen molar-refractivity contribution in [3.05, 3.63) is 64.1 Å². The van der Waals surface area contributed by atoms with Gasteiger partial charge in [-0.15, -0.1) is 0 Å². The number of nitrogens with zero attached hydrogens (tertiary/aromatic N) is 2. The predicted octanol–water partition coefficient (Wildman–Crippen LogP) is 3.85. The van der Waals surface area contributed by atoms with Gasteiger partial charge in [0.25, 0.3) is 0 Å². The fraction of sp³-hybridized carbons (Fsp3) is 0.200. The molecule has 1 heterocycles. The summed E-state index contributed by atoms with van der Waals surface area (Å²) < 4.78 is 49.4. The van der Waals surface area contributed by atoms with Crippen molar-refractivity contribution in [2.24, 2.45) is 0 Å². The quantitative estimate of drug-likeness (QED) is 0.320. The third-order valence-corrected chi connectivity index (χ3v) is 5.47. The Bertz CT molecular complexity index is 772. The molecule has 0 bridgehead atoms. The van der Waals surface area contributed by atoms with Crippen molar-refractivity contribution in [1.29, 1.82) is 0 Å². The van der Waals surface area contributed by atoms with Crippen molar-refractivity contribution >= 4 is 28.4 Å². The van der Waals surface area contributed by atoms with Crippen LogP contribution in [0.4, 0.5) is 13.2 Å². The molecule has 0 aliphatic carbocycles. The van der Waals surface area contributed by atoms with Crippen molar-refractivity contribution in [1.82, 2.24) is 4.98 Å². The Morgan fingerprint density at radius 2 is 2.00 bits per heavy atom. The van der Waals surface area contributed by atoms with E-state index < -0.39 is 29.1 Å². The van der Waals surface area contributed by atoms with Crippen molar-refractivity contribution in [2.75, 3.05) is 5.75 Å². The van der Waals surface area contributed by atoms with E-state index in [9.17, 15) is 22.6 Å². The number of allylic oxidation sites excluding steroid dienone is 1. The van der Waals surface area contributed by atoms with Crippen molar-refractivity contribution in [2.45, 2.75) is 17.3 Å². The molecule has 0 saturated heterocycles. The molecule has 9 heteroatoms. The van der Waals surface area contributed by atoms with Crippen LogP contribution in [0.3, 0.4) is 0 Å². The molecule has 1 atom stereocenters. The summed E-state index contributed by atoms with van der Waals surface area (Å²) in [6.45, 7) is 0.156. The maximum atomic E-state index is 12.7. The van der Waals surface area contributed by atoms with Gasteiger partial charge in [0, 0.05) is 17.7 Å². The first-order chi connectivity index (χ1) is 11.5. The van der Waals surface area contributed by atoms with Crippen LogP contribution in [0.25, 0.3) is 0 Å². The topological polar surface area (TPSA) is 56.0 Å². The zero-order valence-electron chi connectivity index (χ0n) is 12.3. The summed E-state index contributed by atoms with van der Waals surface area (Å²) in [7, 11) is -1.69. The minimum absolute atomic E-state index is 0.156. The van der Waals surface area contributed by atoms with Crippen LogP contribution in [-0.4, -0.2) is 25.9 Å². The van der Waals surface area contributed by atoms with E-state index >= 15 is 0 Å². The minimum atomic E-state index is -2.40. The molecule has 0 aliphatic heterocycles. The van der Waals surface area contributed by atoms with Crippen LogP contribution in [0.5, 0.6) is 0 Å². The van der Waals surface area contributed by atoms with Crippen LogP contribution in [0, 0.1) is 5.21 Å². The highest BCUT2D eigenvalue weighted by molar-refractivity contribution is 7.87. The number of rotatable bonds is 7. The van der Waals surface area contributed by atoms with E-state index in [0.29, 0.717) is 4.88 Å². The second kappa shape index (κ2) is 8.74. The monoisotopic (exact) mass is 374 g/mol. The molecule has 1 unspecified atom stereocenters.